The van der Waals surface area contributed by atoms with Crippen molar-refractivity contribution in [2.75, 3.05) is 19.1 Å². The van der Waals surface area contributed by atoms with Gasteiger partial charge in [-0.3, -0.25) is 4.79 Å². The number of hydrogen-bond donors (Lipinski definition) is 2. The number of methoxy groups -OCH3 is 1. The monoisotopic (exact) mass is 382 g/mol. The molecule has 0 radical (unpaired) electrons. The van der Waals surface area contributed by atoms with Gasteiger partial charge in [0.25, 0.3) is 0 Å². The van der Waals surface area contributed by atoms with Crippen molar-refractivity contribution in [2.24, 2.45) is 5.73 Å². The summed E-state index contributed by atoms with van der Waals surface area (Å²) in [5.74, 6) is 1.55. The minimum absolute atomic E-state index is 0. The van der Waals surface area contributed by atoms with Crippen molar-refractivity contribution >= 4 is 46.0 Å². The lowest BCUT2D eigenvalue weighted by Gasteiger charge is -2.12. The van der Waals surface area contributed by atoms with E-state index < -0.39 is 6.04 Å². The Bertz CT molecular complexity index is 435. The summed E-state index contributed by atoms with van der Waals surface area (Å²) in [7, 11) is 1.62. The summed E-state index contributed by atoms with van der Waals surface area (Å²) < 4.78 is 6.02. The van der Waals surface area contributed by atoms with Crippen molar-refractivity contribution in [1.82, 2.24) is 5.32 Å². The molecule has 1 amide bonds. The van der Waals surface area contributed by atoms with Gasteiger partial charge in [0, 0.05) is 6.54 Å². The summed E-state index contributed by atoms with van der Waals surface area (Å²) in [4.78, 5) is 11.7. The van der Waals surface area contributed by atoms with Gasteiger partial charge in [-0.1, -0.05) is 6.07 Å². The highest BCUT2D eigenvalue weighted by molar-refractivity contribution is 9.10. The largest absolute Gasteiger partial charge is 0.496 e. The van der Waals surface area contributed by atoms with Crippen molar-refractivity contribution in [3.63, 3.8) is 0 Å². The molecule has 1 aromatic rings. The fourth-order valence-corrected chi connectivity index (χ4v) is 2.59. The first-order valence-corrected chi connectivity index (χ1v) is 8.11. The average molecular weight is 384 g/mol. The standard InChI is InChI=1S/C13H19BrN2O2S.ClH/c1-18-12-4-3-9(7-10(12)14)8-16-13(17)11(15)5-6-19-2;/h3-4,7,11H,5-6,8,15H2,1-2H3,(H,16,17);1H/t11-;/m0./s1. The van der Waals surface area contributed by atoms with Crippen molar-refractivity contribution < 1.29 is 9.53 Å². The predicted octanol–water partition coefficient (Wildman–Crippen LogP) is 2.58. The molecule has 7 heteroatoms. The van der Waals surface area contributed by atoms with Gasteiger partial charge in [0.15, 0.2) is 0 Å². The SMILES string of the molecule is COc1ccc(CNC(=O)[C@@H](N)CCSC)cc1Br.Cl. The highest BCUT2D eigenvalue weighted by atomic mass is 79.9. The van der Waals surface area contributed by atoms with Gasteiger partial charge in [0.2, 0.25) is 5.91 Å². The molecule has 0 saturated heterocycles. The molecule has 4 nitrogen and oxygen atoms in total. The van der Waals surface area contributed by atoms with Crippen molar-refractivity contribution in [2.45, 2.75) is 19.0 Å². The number of carbonyl (C=O) groups excluding carboxylic acids is 1. The summed E-state index contributed by atoms with van der Waals surface area (Å²) in [5, 5.41) is 2.84. The third-order valence-corrected chi connectivity index (χ3v) is 3.92. The van der Waals surface area contributed by atoms with E-state index in [1.54, 1.807) is 18.9 Å². The summed E-state index contributed by atoms with van der Waals surface area (Å²) in [5.41, 5.74) is 6.79. The molecule has 0 bridgehead atoms. The fraction of sp³-hybridized carbons (Fsp3) is 0.462. The van der Waals surface area contributed by atoms with Crippen LogP contribution in [-0.2, 0) is 11.3 Å². The zero-order valence-electron chi connectivity index (χ0n) is 11.5. The van der Waals surface area contributed by atoms with Crippen LogP contribution in [0.15, 0.2) is 22.7 Å². The summed E-state index contributed by atoms with van der Waals surface area (Å²) in [6, 6.07) is 5.26. The highest BCUT2D eigenvalue weighted by Crippen LogP contribution is 2.25. The number of carbonyl (C=O) groups is 1. The van der Waals surface area contributed by atoms with Crippen LogP contribution in [0, 0.1) is 0 Å². The molecule has 3 N–H and O–H groups in total. The Morgan fingerprint density at radius 1 is 1.55 bits per heavy atom. The molecule has 20 heavy (non-hydrogen) atoms. The molecule has 0 aliphatic heterocycles. The smallest absolute Gasteiger partial charge is 0.237 e. The van der Waals surface area contributed by atoms with Crippen LogP contribution in [-0.4, -0.2) is 31.1 Å². The number of hydrogen-bond acceptors (Lipinski definition) is 4. The molecular weight excluding hydrogens is 364 g/mol. The molecule has 0 unspecified atom stereocenters. The topological polar surface area (TPSA) is 64.3 Å². The van der Waals surface area contributed by atoms with E-state index >= 15 is 0 Å². The molecule has 1 aromatic carbocycles. The molecule has 0 aromatic heterocycles. The molecular formula is C13H20BrClN2O2S. The van der Waals surface area contributed by atoms with Gasteiger partial charge < -0.3 is 15.8 Å². The Labute approximate surface area is 138 Å². The van der Waals surface area contributed by atoms with Crippen LogP contribution < -0.4 is 15.8 Å². The zero-order valence-corrected chi connectivity index (χ0v) is 14.7. The van der Waals surface area contributed by atoms with Gasteiger partial charge in [-0.25, -0.2) is 0 Å². The maximum absolute atomic E-state index is 11.7. The van der Waals surface area contributed by atoms with Crippen molar-refractivity contribution in [3.8, 4) is 5.75 Å². The van der Waals surface area contributed by atoms with Crippen LogP contribution in [0.4, 0.5) is 0 Å². The molecule has 1 atom stereocenters. The summed E-state index contributed by atoms with van der Waals surface area (Å²) >= 11 is 5.10. The minimum Gasteiger partial charge on any atom is -0.496 e. The molecule has 0 spiro atoms. The Morgan fingerprint density at radius 3 is 2.80 bits per heavy atom. The molecule has 0 aliphatic rings. The number of benzene rings is 1. The third-order valence-electron chi connectivity index (χ3n) is 2.65. The Morgan fingerprint density at radius 2 is 2.25 bits per heavy atom. The second-order valence-corrected chi connectivity index (χ2v) is 5.91. The quantitative estimate of drug-likeness (QED) is 0.759. The van der Waals surface area contributed by atoms with E-state index in [0.717, 1.165) is 21.5 Å². The second kappa shape index (κ2) is 10.3. The normalized spacial score (nSPS) is 11.4. The lowest BCUT2D eigenvalue weighted by molar-refractivity contribution is -0.122. The lowest BCUT2D eigenvalue weighted by Crippen LogP contribution is -2.40. The van der Waals surface area contributed by atoms with E-state index in [4.69, 9.17) is 10.5 Å². The van der Waals surface area contributed by atoms with E-state index in [9.17, 15) is 4.79 Å². The molecule has 114 valence electrons. The number of halogens is 2. The first kappa shape index (κ1) is 19.6. The maximum Gasteiger partial charge on any atom is 0.237 e. The minimum atomic E-state index is -0.436. The lowest BCUT2D eigenvalue weighted by atomic mass is 10.2. The number of nitrogens with two attached hydrogens (primary N) is 1. The van der Waals surface area contributed by atoms with E-state index in [0.29, 0.717) is 13.0 Å². The molecule has 1 rings (SSSR count). The van der Waals surface area contributed by atoms with Crippen LogP contribution >= 0.6 is 40.1 Å². The number of amides is 1. The van der Waals surface area contributed by atoms with E-state index in [1.165, 1.54) is 0 Å². The van der Waals surface area contributed by atoms with E-state index in [2.05, 4.69) is 21.2 Å². The van der Waals surface area contributed by atoms with Gasteiger partial charge in [0.1, 0.15) is 5.75 Å². The zero-order chi connectivity index (χ0) is 14.3. The average Bonchev–Trinajstić information content (AvgIpc) is 2.42. The van der Waals surface area contributed by atoms with Crippen LogP contribution in [0.25, 0.3) is 0 Å². The predicted molar refractivity (Wildman–Crippen MR) is 90.8 cm³/mol. The Kier molecular flexibility index (Phi) is 10.1. The van der Waals surface area contributed by atoms with Crippen LogP contribution in [0.5, 0.6) is 5.75 Å². The van der Waals surface area contributed by atoms with Gasteiger partial charge in [-0.2, -0.15) is 11.8 Å². The molecule has 0 fully saturated rings. The van der Waals surface area contributed by atoms with Crippen molar-refractivity contribution in [1.29, 1.82) is 0 Å². The maximum atomic E-state index is 11.7. The highest BCUT2D eigenvalue weighted by Gasteiger charge is 2.12. The molecule has 0 heterocycles. The van der Waals surface area contributed by atoms with Crippen LogP contribution in [0.1, 0.15) is 12.0 Å². The fourth-order valence-electron chi connectivity index (χ4n) is 1.52. The Balaban J connectivity index is 0.00000361. The summed E-state index contributed by atoms with van der Waals surface area (Å²) in [6.45, 7) is 0.467. The Hall–Kier alpha value is -0.430. The first-order chi connectivity index (χ1) is 9.08. The number of thioether (sulfide) groups is 1. The van der Waals surface area contributed by atoms with Crippen LogP contribution in [0.3, 0.4) is 0 Å². The van der Waals surface area contributed by atoms with E-state index in [-0.39, 0.29) is 18.3 Å². The van der Waals surface area contributed by atoms with Gasteiger partial charge in [0.05, 0.1) is 17.6 Å². The number of rotatable bonds is 7. The van der Waals surface area contributed by atoms with E-state index in [1.807, 2.05) is 24.5 Å². The number of ether oxygens (including phenoxy) is 1. The van der Waals surface area contributed by atoms with Gasteiger partial charge >= 0.3 is 0 Å². The number of nitrogens with one attached hydrogen (secondary N) is 1. The second-order valence-electron chi connectivity index (χ2n) is 4.07. The first-order valence-electron chi connectivity index (χ1n) is 5.93. The summed E-state index contributed by atoms with van der Waals surface area (Å²) in [6.07, 6.45) is 2.69. The van der Waals surface area contributed by atoms with Crippen molar-refractivity contribution in [3.05, 3.63) is 28.2 Å². The van der Waals surface area contributed by atoms with Crippen LogP contribution in [0.2, 0.25) is 0 Å². The molecule has 0 aliphatic carbocycles. The molecule has 0 saturated carbocycles. The van der Waals surface area contributed by atoms with Gasteiger partial charge in [-0.05, 0) is 52.1 Å². The third kappa shape index (κ3) is 6.35. The van der Waals surface area contributed by atoms with Gasteiger partial charge in [-0.15, -0.1) is 12.4 Å².